The second-order valence-electron chi connectivity index (χ2n) is 6.34. The van der Waals surface area contributed by atoms with Gasteiger partial charge in [0.15, 0.2) is 0 Å². The van der Waals surface area contributed by atoms with Gasteiger partial charge < -0.3 is 15.1 Å². The normalized spacial score (nSPS) is 15.5. The minimum absolute atomic E-state index is 0.243. The van der Waals surface area contributed by atoms with E-state index in [1.54, 1.807) is 18.2 Å². The summed E-state index contributed by atoms with van der Waals surface area (Å²) in [6.45, 7) is 3.61. The van der Waals surface area contributed by atoms with Gasteiger partial charge in [0, 0.05) is 26.2 Å². The van der Waals surface area contributed by atoms with Crippen molar-refractivity contribution in [1.82, 2.24) is 10.2 Å². The molecule has 2 aromatic rings. The van der Waals surface area contributed by atoms with Gasteiger partial charge in [0.2, 0.25) is 0 Å². The van der Waals surface area contributed by atoms with Crippen molar-refractivity contribution in [3.05, 3.63) is 66.0 Å². The van der Waals surface area contributed by atoms with Crippen LogP contribution in [0.3, 0.4) is 0 Å². The predicted molar refractivity (Wildman–Crippen MR) is 98.2 cm³/mol. The van der Waals surface area contributed by atoms with Gasteiger partial charge in [-0.25, -0.2) is 4.39 Å². The van der Waals surface area contributed by atoms with Crippen LogP contribution >= 0.6 is 0 Å². The molecular weight excluding hydrogens is 333 g/mol. The molecule has 0 aliphatic carbocycles. The number of halogens is 1. The topological polar surface area (TPSA) is 52.7 Å². The third-order valence-corrected chi connectivity index (χ3v) is 4.60. The molecule has 1 aliphatic rings. The largest absolute Gasteiger partial charge is 0.366 e. The number of benzene rings is 2. The Hall–Kier alpha value is -2.89. The highest BCUT2D eigenvalue weighted by Gasteiger charge is 2.27. The number of amides is 2. The first-order chi connectivity index (χ1) is 12.6. The standard InChI is InChI=1S/C20H22FN3O2/c1-15(16-7-3-2-4-8-16)22-19(25)20(26)24-13-11-23(12-14-24)18-10-6-5-9-17(18)21/h2-10,15H,11-14H2,1H3,(H,22,25). The van der Waals surface area contributed by atoms with Crippen molar-refractivity contribution >= 4 is 17.5 Å². The Labute approximate surface area is 152 Å². The number of rotatable bonds is 3. The van der Waals surface area contributed by atoms with Crippen LogP contribution in [0.1, 0.15) is 18.5 Å². The van der Waals surface area contributed by atoms with E-state index in [9.17, 15) is 14.0 Å². The van der Waals surface area contributed by atoms with Crippen LogP contribution in [-0.2, 0) is 9.59 Å². The zero-order chi connectivity index (χ0) is 18.5. The average Bonchev–Trinajstić information content (AvgIpc) is 2.68. The van der Waals surface area contributed by atoms with Gasteiger partial charge in [0.25, 0.3) is 0 Å². The van der Waals surface area contributed by atoms with Gasteiger partial charge in [-0.05, 0) is 24.6 Å². The van der Waals surface area contributed by atoms with Crippen LogP contribution in [0.15, 0.2) is 54.6 Å². The molecule has 1 unspecified atom stereocenters. The molecule has 1 N–H and O–H groups in total. The number of hydrogen-bond acceptors (Lipinski definition) is 3. The fourth-order valence-electron chi connectivity index (χ4n) is 3.09. The highest BCUT2D eigenvalue weighted by Crippen LogP contribution is 2.20. The quantitative estimate of drug-likeness (QED) is 0.860. The molecule has 0 radical (unpaired) electrons. The van der Waals surface area contributed by atoms with Gasteiger partial charge in [-0.1, -0.05) is 42.5 Å². The summed E-state index contributed by atoms with van der Waals surface area (Å²) in [5, 5.41) is 2.74. The maximum absolute atomic E-state index is 13.9. The number of hydrogen-bond donors (Lipinski definition) is 1. The minimum atomic E-state index is -0.610. The van der Waals surface area contributed by atoms with E-state index in [-0.39, 0.29) is 11.9 Å². The molecule has 0 bridgehead atoms. The van der Waals surface area contributed by atoms with Gasteiger partial charge in [-0.15, -0.1) is 0 Å². The smallest absolute Gasteiger partial charge is 0.312 e. The third-order valence-electron chi connectivity index (χ3n) is 4.60. The van der Waals surface area contributed by atoms with Crippen LogP contribution in [-0.4, -0.2) is 42.9 Å². The zero-order valence-electron chi connectivity index (χ0n) is 14.7. The number of carbonyl (C=O) groups is 2. The highest BCUT2D eigenvalue weighted by atomic mass is 19.1. The Bertz CT molecular complexity index is 774. The molecule has 136 valence electrons. The molecule has 2 aromatic carbocycles. The monoisotopic (exact) mass is 355 g/mol. The number of carbonyl (C=O) groups excluding carboxylic acids is 2. The predicted octanol–water partition coefficient (Wildman–Crippen LogP) is 2.35. The number of nitrogens with one attached hydrogen (secondary N) is 1. The SMILES string of the molecule is CC(NC(=O)C(=O)N1CCN(c2ccccc2F)CC1)c1ccccc1. The molecule has 1 saturated heterocycles. The lowest BCUT2D eigenvalue weighted by Crippen LogP contribution is -2.53. The van der Waals surface area contributed by atoms with E-state index in [2.05, 4.69) is 5.32 Å². The van der Waals surface area contributed by atoms with E-state index >= 15 is 0 Å². The van der Waals surface area contributed by atoms with Gasteiger partial charge >= 0.3 is 11.8 Å². The van der Waals surface area contributed by atoms with Crippen LogP contribution in [0.2, 0.25) is 0 Å². The van der Waals surface area contributed by atoms with E-state index in [0.29, 0.717) is 31.9 Å². The van der Waals surface area contributed by atoms with Crippen molar-refractivity contribution in [2.24, 2.45) is 0 Å². The van der Waals surface area contributed by atoms with Crippen LogP contribution in [0.4, 0.5) is 10.1 Å². The summed E-state index contributed by atoms with van der Waals surface area (Å²) in [4.78, 5) is 28.1. The van der Waals surface area contributed by atoms with Crippen molar-refractivity contribution in [3.8, 4) is 0 Å². The summed E-state index contributed by atoms with van der Waals surface area (Å²) in [7, 11) is 0. The maximum atomic E-state index is 13.9. The van der Waals surface area contributed by atoms with Gasteiger partial charge in [-0.2, -0.15) is 0 Å². The lowest BCUT2D eigenvalue weighted by Gasteiger charge is -2.36. The number of piperazine rings is 1. The highest BCUT2D eigenvalue weighted by molar-refractivity contribution is 6.35. The summed E-state index contributed by atoms with van der Waals surface area (Å²) < 4.78 is 13.9. The Kier molecular flexibility index (Phi) is 5.51. The van der Waals surface area contributed by atoms with E-state index in [4.69, 9.17) is 0 Å². The number of anilines is 1. The Morgan fingerprint density at radius 1 is 0.962 bits per heavy atom. The summed E-state index contributed by atoms with van der Waals surface area (Å²) in [6, 6.07) is 15.8. The first-order valence-electron chi connectivity index (χ1n) is 8.70. The second-order valence-corrected chi connectivity index (χ2v) is 6.34. The van der Waals surface area contributed by atoms with Crippen molar-refractivity contribution in [2.75, 3.05) is 31.1 Å². The molecule has 2 amide bonds. The van der Waals surface area contributed by atoms with Crippen molar-refractivity contribution < 1.29 is 14.0 Å². The molecule has 26 heavy (non-hydrogen) atoms. The third kappa shape index (κ3) is 4.02. The van der Waals surface area contributed by atoms with E-state index in [1.165, 1.54) is 11.0 Å². The average molecular weight is 355 g/mol. The molecule has 0 saturated carbocycles. The van der Waals surface area contributed by atoms with Crippen LogP contribution < -0.4 is 10.2 Å². The second kappa shape index (κ2) is 7.99. The van der Waals surface area contributed by atoms with Crippen LogP contribution in [0.5, 0.6) is 0 Å². The fraction of sp³-hybridized carbons (Fsp3) is 0.300. The molecule has 1 atom stereocenters. The van der Waals surface area contributed by atoms with Crippen LogP contribution in [0.25, 0.3) is 0 Å². The molecule has 1 fully saturated rings. The molecule has 5 nitrogen and oxygen atoms in total. The summed E-state index contributed by atoms with van der Waals surface area (Å²) in [5.41, 5.74) is 1.47. The molecule has 1 aliphatic heterocycles. The summed E-state index contributed by atoms with van der Waals surface area (Å²) in [5.74, 6) is -1.43. The van der Waals surface area contributed by atoms with E-state index in [1.807, 2.05) is 42.2 Å². The summed E-state index contributed by atoms with van der Waals surface area (Å²) in [6.07, 6.45) is 0. The van der Waals surface area contributed by atoms with Crippen LogP contribution in [0, 0.1) is 5.82 Å². The molecular formula is C20H22FN3O2. The van der Waals surface area contributed by atoms with Crippen molar-refractivity contribution in [2.45, 2.75) is 13.0 Å². The van der Waals surface area contributed by atoms with Gasteiger partial charge in [0.1, 0.15) is 5.82 Å². The van der Waals surface area contributed by atoms with E-state index in [0.717, 1.165) is 5.56 Å². The Morgan fingerprint density at radius 3 is 2.23 bits per heavy atom. The first kappa shape index (κ1) is 17.9. The van der Waals surface area contributed by atoms with Crippen molar-refractivity contribution in [1.29, 1.82) is 0 Å². The molecule has 1 heterocycles. The Balaban J connectivity index is 1.55. The Morgan fingerprint density at radius 2 is 1.58 bits per heavy atom. The number of para-hydroxylation sites is 1. The maximum Gasteiger partial charge on any atom is 0.312 e. The first-order valence-corrected chi connectivity index (χ1v) is 8.70. The minimum Gasteiger partial charge on any atom is -0.366 e. The fourth-order valence-corrected chi connectivity index (χ4v) is 3.09. The molecule has 6 heteroatoms. The summed E-state index contributed by atoms with van der Waals surface area (Å²) >= 11 is 0. The van der Waals surface area contributed by atoms with Gasteiger partial charge in [-0.3, -0.25) is 9.59 Å². The lowest BCUT2D eigenvalue weighted by atomic mass is 10.1. The molecule has 0 spiro atoms. The van der Waals surface area contributed by atoms with E-state index < -0.39 is 11.8 Å². The zero-order valence-corrected chi connectivity index (χ0v) is 14.7. The van der Waals surface area contributed by atoms with Crippen molar-refractivity contribution in [3.63, 3.8) is 0 Å². The van der Waals surface area contributed by atoms with Gasteiger partial charge in [0.05, 0.1) is 11.7 Å². The molecule has 0 aromatic heterocycles. The lowest BCUT2D eigenvalue weighted by molar-refractivity contribution is -0.146. The number of nitrogens with zero attached hydrogens (tertiary/aromatic N) is 2. The molecule has 3 rings (SSSR count).